The second-order valence-electron chi connectivity index (χ2n) is 5.70. The highest BCUT2D eigenvalue weighted by Crippen LogP contribution is 2.12. The van der Waals surface area contributed by atoms with Crippen LogP contribution in [0.15, 0.2) is 53.3 Å². The molecule has 0 bridgehead atoms. The van der Waals surface area contributed by atoms with E-state index >= 15 is 0 Å². The van der Waals surface area contributed by atoms with E-state index in [-0.39, 0.29) is 31.3 Å². The van der Waals surface area contributed by atoms with Gasteiger partial charge in [-0.25, -0.2) is 9.18 Å². The summed E-state index contributed by atoms with van der Waals surface area (Å²) in [6.45, 7) is 0.218. The third kappa shape index (κ3) is 3.25. The lowest BCUT2D eigenvalue weighted by Crippen LogP contribution is -2.30. The minimum Gasteiger partial charge on any atom is -0.389 e. The van der Waals surface area contributed by atoms with Gasteiger partial charge in [-0.3, -0.25) is 9.13 Å². The maximum atomic E-state index is 13.5. The number of nitrogens with zero attached hydrogens (tertiary/aromatic N) is 2. The highest BCUT2D eigenvalue weighted by atomic mass is 19.1. The molecule has 126 valence electrons. The fourth-order valence-electron chi connectivity index (χ4n) is 2.72. The first-order valence-electron chi connectivity index (χ1n) is 7.71. The Kier molecular flexibility index (Phi) is 4.78. The van der Waals surface area contributed by atoms with Gasteiger partial charge in [0.05, 0.1) is 36.9 Å². The zero-order chi connectivity index (χ0) is 17.1. The number of benzene rings is 2. The summed E-state index contributed by atoms with van der Waals surface area (Å²) >= 11 is 0. The maximum Gasteiger partial charge on any atom is 0.328 e. The van der Waals surface area contributed by atoms with Crippen molar-refractivity contribution < 1.29 is 14.2 Å². The monoisotopic (exact) mass is 330 g/mol. The molecule has 1 atom stereocenters. The Hall–Kier alpha value is -2.44. The number of aliphatic hydroxyl groups excluding tert-OH is 1. The molecule has 0 radical (unpaired) electrons. The van der Waals surface area contributed by atoms with Crippen LogP contribution in [0.5, 0.6) is 0 Å². The van der Waals surface area contributed by atoms with E-state index in [1.54, 1.807) is 29.8 Å². The van der Waals surface area contributed by atoms with Gasteiger partial charge in [0.2, 0.25) is 0 Å². The third-order valence-electron chi connectivity index (χ3n) is 3.97. The van der Waals surface area contributed by atoms with Gasteiger partial charge in [0.25, 0.3) is 0 Å². The van der Waals surface area contributed by atoms with Crippen LogP contribution >= 0.6 is 0 Å². The van der Waals surface area contributed by atoms with Crippen molar-refractivity contribution in [2.24, 2.45) is 7.05 Å². The van der Waals surface area contributed by atoms with Crippen molar-refractivity contribution in [3.63, 3.8) is 0 Å². The van der Waals surface area contributed by atoms with Crippen LogP contribution in [0.4, 0.5) is 4.39 Å². The maximum absolute atomic E-state index is 13.5. The first-order valence-corrected chi connectivity index (χ1v) is 7.71. The molecule has 0 aliphatic carbocycles. The lowest BCUT2D eigenvalue weighted by molar-refractivity contribution is 0.0195. The number of aliphatic hydroxyl groups is 1. The van der Waals surface area contributed by atoms with Gasteiger partial charge in [-0.2, -0.15) is 0 Å². The number of rotatable bonds is 6. The number of fused-ring (bicyclic) bond motifs is 1. The summed E-state index contributed by atoms with van der Waals surface area (Å²) in [5.74, 6) is -0.336. The van der Waals surface area contributed by atoms with Crippen LogP contribution in [-0.4, -0.2) is 27.0 Å². The quantitative estimate of drug-likeness (QED) is 0.753. The Balaban J connectivity index is 1.65. The number of imidazole rings is 1. The summed E-state index contributed by atoms with van der Waals surface area (Å²) in [5, 5.41) is 10.2. The topological polar surface area (TPSA) is 56.4 Å². The molecule has 0 aliphatic heterocycles. The zero-order valence-electron chi connectivity index (χ0n) is 13.4. The third-order valence-corrected chi connectivity index (χ3v) is 3.97. The van der Waals surface area contributed by atoms with E-state index < -0.39 is 6.10 Å². The molecule has 24 heavy (non-hydrogen) atoms. The number of hydrogen-bond acceptors (Lipinski definition) is 3. The van der Waals surface area contributed by atoms with Crippen molar-refractivity contribution in [2.75, 3.05) is 6.61 Å². The molecular formula is C18H19FN2O3. The summed E-state index contributed by atoms with van der Waals surface area (Å²) in [6.07, 6.45) is -0.861. The highest BCUT2D eigenvalue weighted by molar-refractivity contribution is 5.75. The second kappa shape index (κ2) is 6.98. The Morgan fingerprint density at radius 2 is 1.79 bits per heavy atom. The molecule has 0 fully saturated rings. The number of para-hydroxylation sites is 2. The van der Waals surface area contributed by atoms with Crippen molar-refractivity contribution in [1.82, 2.24) is 9.13 Å². The average molecular weight is 330 g/mol. The molecule has 1 heterocycles. The fourth-order valence-corrected chi connectivity index (χ4v) is 2.72. The first kappa shape index (κ1) is 16.4. The van der Waals surface area contributed by atoms with Crippen LogP contribution in [-0.2, 0) is 24.9 Å². The number of aromatic nitrogens is 2. The lowest BCUT2D eigenvalue weighted by Gasteiger charge is -2.12. The molecule has 5 nitrogen and oxygen atoms in total. The second-order valence-corrected chi connectivity index (χ2v) is 5.70. The molecule has 3 aromatic rings. The van der Waals surface area contributed by atoms with E-state index in [0.29, 0.717) is 5.56 Å². The van der Waals surface area contributed by atoms with Gasteiger partial charge in [-0.15, -0.1) is 0 Å². The van der Waals surface area contributed by atoms with Crippen LogP contribution in [0.1, 0.15) is 5.56 Å². The minimum absolute atomic E-state index is 0.0179. The van der Waals surface area contributed by atoms with E-state index in [1.807, 2.05) is 24.3 Å². The number of ether oxygens (including phenoxy) is 1. The Labute approximate surface area is 138 Å². The number of aryl methyl sites for hydroxylation is 1. The summed E-state index contributed by atoms with van der Waals surface area (Å²) in [4.78, 5) is 12.3. The molecular weight excluding hydrogens is 311 g/mol. The molecule has 2 aromatic carbocycles. The molecule has 0 aliphatic rings. The van der Waals surface area contributed by atoms with E-state index in [2.05, 4.69) is 0 Å². The molecule has 6 heteroatoms. The van der Waals surface area contributed by atoms with E-state index in [9.17, 15) is 14.3 Å². The Morgan fingerprint density at radius 1 is 1.12 bits per heavy atom. The van der Waals surface area contributed by atoms with Gasteiger partial charge >= 0.3 is 5.69 Å². The van der Waals surface area contributed by atoms with Crippen molar-refractivity contribution in [1.29, 1.82) is 0 Å². The van der Waals surface area contributed by atoms with E-state index in [1.165, 1.54) is 10.6 Å². The summed E-state index contributed by atoms with van der Waals surface area (Å²) < 4.78 is 21.9. The Bertz CT molecular complexity index is 901. The summed E-state index contributed by atoms with van der Waals surface area (Å²) in [5.41, 5.74) is 1.82. The van der Waals surface area contributed by atoms with Crippen molar-refractivity contribution in [3.05, 3.63) is 70.4 Å². The van der Waals surface area contributed by atoms with E-state index in [4.69, 9.17) is 4.74 Å². The van der Waals surface area contributed by atoms with E-state index in [0.717, 1.165) is 11.0 Å². The van der Waals surface area contributed by atoms with Crippen molar-refractivity contribution in [2.45, 2.75) is 19.3 Å². The first-order chi connectivity index (χ1) is 11.6. The molecule has 0 saturated heterocycles. The van der Waals surface area contributed by atoms with Crippen LogP contribution in [0, 0.1) is 5.82 Å². The molecule has 0 spiro atoms. The average Bonchev–Trinajstić information content (AvgIpc) is 2.82. The van der Waals surface area contributed by atoms with Gasteiger partial charge in [-0.05, 0) is 18.2 Å². The van der Waals surface area contributed by atoms with Gasteiger partial charge in [0.1, 0.15) is 5.82 Å². The van der Waals surface area contributed by atoms with Gasteiger partial charge in [-0.1, -0.05) is 30.3 Å². The predicted molar refractivity (Wildman–Crippen MR) is 89.2 cm³/mol. The molecule has 1 N–H and O–H groups in total. The van der Waals surface area contributed by atoms with Crippen molar-refractivity contribution in [3.8, 4) is 0 Å². The number of hydrogen-bond donors (Lipinski definition) is 1. The fraction of sp³-hybridized carbons (Fsp3) is 0.278. The summed E-state index contributed by atoms with van der Waals surface area (Å²) in [7, 11) is 1.70. The lowest BCUT2D eigenvalue weighted by atomic mass is 10.2. The van der Waals surface area contributed by atoms with Gasteiger partial charge < -0.3 is 9.84 Å². The van der Waals surface area contributed by atoms with Gasteiger partial charge in [0.15, 0.2) is 0 Å². The molecule has 0 unspecified atom stereocenters. The largest absolute Gasteiger partial charge is 0.389 e. The SMILES string of the molecule is Cn1c(=O)n(C[C@H](O)COCc2ccccc2F)c2ccccc21. The smallest absolute Gasteiger partial charge is 0.328 e. The normalized spacial score (nSPS) is 12.6. The predicted octanol–water partition coefficient (Wildman–Crippen LogP) is 2.06. The molecule has 1 aromatic heterocycles. The van der Waals surface area contributed by atoms with Crippen molar-refractivity contribution >= 4 is 11.0 Å². The minimum atomic E-state index is -0.861. The van der Waals surface area contributed by atoms with Crippen LogP contribution < -0.4 is 5.69 Å². The highest BCUT2D eigenvalue weighted by Gasteiger charge is 2.14. The molecule has 0 saturated carbocycles. The van der Waals surface area contributed by atoms with Crippen LogP contribution in [0.2, 0.25) is 0 Å². The molecule has 3 rings (SSSR count). The Morgan fingerprint density at radius 3 is 2.54 bits per heavy atom. The van der Waals surface area contributed by atoms with Crippen LogP contribution in [0.3, 0.4) is 0 Å². The van der Waals surface area contributed by atoms with Crippen LogP contribution in [0.25, 0.3) is 11.0 Å². The van der Waals surface area contributed by atoms with Gasteiger partial charge in [0, 0.05) is 12.6 Å². The standard InChI is InChI=1S/C18H19FN2O3/c1-20-16-8-4-5-9-17(16)21(18(20)23)10-14(22)12-24-11-13-6-2-3-7-15(13)19/h2-9,14,22H,10-12H2,1H3/t14-/m0/s1. The number of halogens is 1. The summed E-state index contributed by atoms with van der Waals surface area (Å²) in [6, 6.07) is 13.7. The molecule has 0 amide bonds. The zero-order valence-corrected chi connectivity index (χ0v) is 13.4.